The molecule has 0 spiro atoms. The Hall–Kier alpha value is -1.12. The van der Waals surface area contributed by atoms with Gasteiger partial charge in [-0.3, -0.25) is 4.79 Å². The monoisotopic (exact) mass is 212 g/mol. The van der Waals surface area contributed by atoms with Crippen LogP contribution in [0.1, 0.15) is 40.5 Å². The van der Waals surface area contributed by atoms with Gasteiger partial charge in [0.1, 0.15) is 0 Å². The molecule has 0 saturated carbocycles. The van der Waals surface area contributed by atoms with Crippen molar-refractivity contribution in [3.8, 4) is 0 Å². The molecule has 0 heterocycles. The van der Waals surface area contributed by atoms with E-state index in [0.29, 0.717) is 6.61 Å². The molecule has 3 heteroatoms. The van der Waals surface area contributed by atoms with Crippen LogP contribution in [0.4, 0.5) is 0 Å². The number of carbonyl (C=O) groups excluding carboxylic acids is 2. The van der Waals surface area contributed by atoms with Gasteiger partial charge in [0.05, 0.1) is 6.61 Å². The van der Waals surface area contributed by atoms with E-state index in [4.69, 9.17) is 0 Å². The first-order valence-electron chi connectivity index (χ1n) is 5.33. The fourth-order valence-corrected chi connectivity index (χ4v) is 1.31. The zero-order valence-corrected chi connectivity index (χ0v) is 10.0. The summed E-state index contributed by atoms with van der Waals surface area (Å²) < 4.78 is 4.69. The van der Waals surface area contributed by atoms with Crippen LogP contribution in [-0.2, 0) is 14.3 Å². The fourth-order valence-electron chi connectivity index (χ4n) is 1.31. The number of hydrogen-bond donors (Lipinski definition) is 0. The highest BCUT2D eigenvalue weighted by Crippen LogP contribution is 2.23. The van der Waals surface area contributed by atoms with Gasteiger partial charge in [0.15, 0.2) is 5.78 Å². The number of allylic oxidation sites excluding steroid dienone is 1. The van der Waals surface area contributed by atoms with Gasteiger partial charge < -0.3 is 4.74 Å². The highest BCUT2D eigenvalue weighted by Gasteiger charge is 2.23. The van der Waals surface area contributed by atoms with E-state index in [0.717, 1.165) is 12.8 Å². The van der Waals surface area contributed by atoms with Crippen molar-refractivity contribution in [1.82, 2.24) is 0 Å². The summed E-state index contributed by atoms with van der Waals surface area (Å²) in [7, 11) is 0. The number of ketones is 1. The standard InChI is InChI=1S/C12H20O3/c1-5-9-12(3,4)10(13)7-8-11(14)15-6-2/h7-8H,5-6,9H2,1-4H3/b8-7-. The summed E-state index contributed by atoms with van der Waals surface area (Å²) in [6.45, 7) is 7.86. The zero-order valence-electron chi connectivity index (χ0n) is 10.0. The van der Waals surface area contributed by atoms with Crippen molar-refractivity contribution in [1.29, 1.82) is 0 Å². The smallest absolute Gasteiger partial charge is 0.330 e. The predicted molar refractivity (Wildman–Crippen MR) is 59.5 cm³/mol. The third-order valence-corrected chi connectivity index (χ3v) is 2.20. The van der Waals surface area contributed by atoms with Gasteiger partial charge in [-0.15, -0.1) is 0 Å². The topological polar surface area (TPSA) is 43.4 Å². The molecule has 0 radical (unpaired) electrons. The Bertz CT molecular complexity index is 252. The summed E-state index contributed by atoms with van der Waals surface area (Å²) in [5, 5.41) is 0. The Morgan fingerprint density at radius 1 is 1.20 bits per heavy atom. The van der Waals surface area contributed by atoms with Crippen molar-refractivity contribution >= 4 is 11.8 Å². The molecule has 0 amide bonds. The first kappa shape index (κ1) is 13.9. The van der Waals surface area contributed by atoms with E-state index in [9.17, 15) is 9.59 Å². The molecule has 0 saturated heterocycles. The van der Waals surface area contributed by atoms with Gasteiger partial charge in [-0.2, -0.15) is 0 Å². The quantitative estimate of drug-likeness (QED) is 0.502. The van der Waals surface area contributed by atoms with Crippen LogP contribution >= 0.6 is 0 Å². The van der Waals surface area contributed by atoms with E-state index >= 15 is 0 Å². The van der Waals surface area contributed by atoms with Gasteiger partial charge in [-0.05, 0) is 19.4 Å². The molecule has 0 aliphatic heterocycles. The molecule has 3 nitrogen and oxygen atoms in total. The lowest BCUT2D eigenvalue weighted by Crippen LogP contribution is -2.22. The van der Waals surface area contributed by atoms with E-state index in [2.05, 4.69) is 4.74 Å². The lowest BCUT2D eigenvalue weighted by Gasteiger charge is -2.19. The molecule has 0 unspecified atom stereocenters. The predicted octanol–water partition coefficient (Wildman–Crippen LogP) is 2.50. The number of esters is 1. The Kier molecular flexibility index (Phi) is 5.90. The molecule has 0 aliphatic rings. The van der Waals surface area contributed by atoms with E-state index < -0.39 is 11.4 Å². The third kappa shape index (κ3) is 5.35. The average molecular weight is 212 g/mol. The lowest BCUT2D eigenvalue weighted by atomic mass is 9.83. The minimum atomic E-state index is -0.460. The second-order valence-electron chi connectivity index (χ2n) is 4.08. The summed E-state index contributed by atoms with van der Waals surface area (Å²) in [4.78, 5) is 22.6. The van der Waals surface area contributed by atoms with E-state index in [-0.39, 0.29) is 5.78 Å². The van der Waals surface area contributed by atoms with Crippen LogP contribution in [-0.4, -0.2) is 18.4 Å². The van der Waals surface area contributed by atoms with Gasteiger partial charge in [-0.25, -0.2) is 4.79 Å². The van der Waals surface area contributed by atoms with Crippen molar-refractivity contribution in [2.24, 2.45) is 5.41 Å². The Morgan fingerprint density at radius 3 is 2.27 bits per heavy atom. The van der Waals surface area contributed by atoms with E-state index in [1.54, 1.807) is 6.92 Å². The molecular formula is C12H20O3. The molecule has 0 N–H and O–H groups in total. The third-order valence-electron chi connectivity index (χ3n) is 2.20. The Labute approximate surface area is 91.5 Å². The first-order valence-corrected chi connectivity index (χ1v) is 5.33. The van der Waals surface area contributed by atoms with Gasteiger partial charge in [-0.1, -0.05) is 27.2 Å². The van der Waals surface area contributed by atoms with E-state index in [1.807, 2.05) is 20.8 Å². The highest BCUT2D eigenvalue weighted by molar-refractivity contribution is 5.98. The highest BCUT2D eigenvalue weighted by atomic mass is 16.5. The summed E-state index contributed by atoms with van der Waals surface area (Å²) in [5.74, 6) is -0.490. The SMILES string of the molecule is CCCC(C)(C)C(=O)/C=C\C(=O)OCC. The second kappa shape index (κ2) is 6.38. The van der Waals surface area contributed by atoms with Crippen LogP contribution in [0.5, 0.6) is 0 Å². The number of ether oxygens (including phenoxy) is 1. The maximum Gasteiger partial charge on any atom is 0.330 e. The Morgan fingerprint density at radius 2 is 1.80 bits per heavy atom. The van der Waals surface area contributed by atoms with Crippen molar-refractivity contribution in [3.05, 3.63) is 12.2 Å². The normalized spacial score (nSPS) is 11.7. The van der Waals surface area contributed by atoms with Crippen molar-refractivity contribution in [2.75, 3.05) is 6.61 Å². The molecule has 0 aromatic heterocycles. The molecule has 15 heavy (non-hydrogen) atoms. The van der Waals surface area contributed by atoms with Gasteiger partial charge in [0, 0.05) is 11.5 Å². The van der Waals surface area contributed by atoms with Crippen LogP contribution in [0.25, 0.3) is 0 Å². The van der Waals surface area contributed by atoms with Crippen molar-refractivity contribution < 1.29 is 14.3 Å². The van der Waals surface area contributed by atoms with Crippen molar-refractivity contribution in [3.63, 3.8) is 0 Å². The molecule has 0 bridgehead atoms. The maximum atomic E-state index is 11.7. The lowest BCUT2D eigenvalue weighted by molar-refractivity contribution is -0.137. The Balaban J connectivity index is 4.29. The summed E-state index contributed by atoms with van der Waals surface area (Å²) in [6, 6.07) is 0. The van der Waals surface area contributed by atoms with Crippen LogP contribution in [0.15, 0.2) is 12.2 Å². The molecule has 0 atom stereocenters. The molecule has 0 aliphatic carbocycles. The number of hydrogen-bond acceptors (Lipinski definition) is 3. The van der Waals surface area contributed by atoms with Crippen LogP contribution in [0.3, 0.4) is 0 Å². The zero-order chi connectivity index (χ0) is 11.9. The summed E-state index contributed by atoms with van der Waals surface area (Å²) in [6.07, 6.45) is 4.28. The van der Waals surface area contributed by atoms with Gasteiger partial charge >= 0.3 is 5.97 Å². The van der Waals surface area contributed by atoms with Crippen LogP contribution < -0.4 is 0 Å². The first-order chi connectivity index (χ1) is 6.94. The molecule has 0 rings (SSSR count). The van der Waals surface area contributed by atoms with Crippen LogP contribution in [0, 0.1) is 5.41 Å². The molecular weight excluding hydrogens is 192 g/mol. The summed E-state index contributed by atoms with van der Waals surface area (Å²) >= 11 is 0. The minimum Gasteiger partial charge on any atom is -0.463 e. The number of carbonyl (C=O) groups is 2. The van der Waals surface area contributed by atoms with E-state index in [1.165, 1.54) is 12.2 Å². The van der Waals surface area contributed by atoms with Crippen molar-refractivity contribution in [2.45, 2.75) is 40.5 Å². The minimum absolute atomic E-state index is 0.0302. The fraction of sp³-hybridized carbons (Fsp3) is 0.667. The molecule has 0 aromatic rings. The molecule has 0 aromatic carbocycles. The molecule has 86 valence electrons. The van der Waals surface area contributed by atoms with Crippen LogP contribution in [0.2, 0.25) is 0 Å². The van der Waals surface area contributed by atoms with Gasteiger partial charge in [0.25, 0.3) is 0 Å². The number of rotatable bonds is 6. The summed E-state index contributed by atoms with van der Waals surface area (Å²) in [5.41, 5.74) is -0.391. The molecule has 0 fully saturated rings. The maximum absolute atomic E-state index is 11.7. The van der Waals surface area contributed by atoms with Gasteiger partial charge in [0.2, 0.25) is 0 Å². The largest absolute Gasteiger partial charge is 0.463 e. The average Bonchev–Trinajstić information content (AvgIpc) is 2.14. The second-order valence-corrected chi connectivity index (χ2v) is 4.08.